The first-order valence-electron chi connectivity index (χ1n) is 11.9. The number of rotatable bonds is 6. The minimum atomic E-state index is -0.843. The molecule has 5 rings (SSSR count). The smallest absolute Gasteiger partial charge is 0.325 e. The van der Waals surface area contributed by atoms with Gasteiger partial charge in [0.2, 0.25) is 5.89 Å². The van der Waals surface area contributed by atoms with Crippen molar-refractivity contribution in [1.82, 2.24) is 9.88 Å². The molecule has 35 heavy (non-hydrogen) atoms. The van der Waals surface area contributed by atoms with Crippen molar-refractivity contribution >= 4 is 17.1 Å². The Kier molecular flexibility index (Phi) is 6.07. The van der Waals surface area contributed by atoms with Crippen LogP contribution in [0.2, 0.25) is 0 Å². The number of fused-ring (bicyclic) bond motifs is 2. The Morgan fingerprint density at radius 2 is 1.89 bits per heavy atom. The van der Waals surface area contributed by atoms with E-state index in [1.165, 1.54) is 0 Å². The lowest BCUT2D eigenvalue weighted by molar-refractivity contribution is -0.144. The average Bonchev–Trinajstić information content (AvgIpc) is 3.27. The molecule has 1 unspecified atom stereocenters. The van der Waals surface area contributed by atoms with Gasteiger partial charge in [-0.25, -0.2) is 4.98 Å². The predicted molar refractivity (Wildman–Crippen MR) is 134 cm³/mol. The van der Waals surface area contributed by atoms with Crippen LogP contribution >= 0.6 is 0 Å². The van der Waals surface area contributed by atoms with E-state index in [-0.39, 0.29) is 5.41 Å². The molecule has 0 radical (unpaired) electrons. The molecule has 0 bridgehead atoms. The molecule has 1 aliphatic heterocycles. The molecule has 180 valence electrons. The highest BCUT2D eigenvalue weighted by atomic mass is 16.5. The van der Waals surface area contributed by atoms with Gasteiger partial charge in [0.05, 0.1) is 0 Å². The first-order chi connectivity index (χ1) is 16.8. The van der Waals surface area contributed by atoms with Crippen LogP contribution in [-0.4, -0.2) is 27.5 Å². The van der Waals surface area contributed by atoms with Crippen LogP contribution in [0.3, 0.4) is 0 Å². The molecule has 0 spiro atoms. The highest BCUT2D eigenvalue weighted by molar-refractivity contribution is 5.77. The standard InChI is InChI=1S/C29H30N2O4/c1-29(2,3)28-30-24-12-9-20(15-25(24)35-28)18-34-22-11-10-21-13-14-31(17-19-7-5-4-6-8-19)26(27(32)33)23(21)16-22/h4-12,15-16,26H,13-14,17-18H2,1-3H3,(H,32,33). The number of nitrogens with zero attached hydrogens (tertiary/aromatic N) is 2. The first-order valence-corrected chi connectivity index (χ1v) is 11.9. The number of ether oxygens (including phenoxy) is 1. The summed E-state index contributed by atoms with van der Waals surface area (Å²) < 4.78 is 12.1. The average molecular weight is 471 g/mol. The Morgan fingerprint density at radius 1 is 1.09 bits per heavy atom. The van der Waals surface area contributed by atoms with Gasteiger partial charge >= 0.3 is 5.97 Å². The third-order valence-electron chi connectivity index (χ3n) is 6.41. The van der Waals surface area contributed by atoms with Crippen LogP contribution in [0.5, 0.6) is 5.75 Å². The zero-order chi connectivity index (χ0) is 24.6. The fourth-order valence-electron chi connectivity index (χ4n) is 4.56. The minimum Gasteiger partial charge on any atom is -0.489 e. The van der Waals surface area contributed by atoms with Gasteiger partial charge in [-0.15, -0.1) is 0 Å². The summed E-state index contributed by atoms with van der Waals surface area (Å²) in [5, 5.41) is 10.1. The Balaban J connectivity index is 1.35. The second kappa shape index (κ2) is 9.19. The van der Waals surface area contributed by atoms with E-state index in [0.717, 1.165) is 39.8 Å². The lowest BCUT2D eigenvalue weighted by Crippen LogP contribution is -2.39. The third kappa shape index (κ3) is 4.93. The molecule has 2 heterocycles. The topological polar surface area (TPSA) is 75.8 Å². The molecule has 0 saturated carbocycles. The molecule has 6 heteroatoms. The highest BCUT2D eigenvalue weighted by Gasteiger charge is 2.33. The van der Waals surface area contributed by atoms with E-state index in [4.69, 9.17) is 9.15 Å². The second-order valence-corrected chi connectivity index (χ2v) is 10.2. The summed E-state index contributed by atoms with van der Waals surface area (Å²) in [5.74, 6) is 0.522. The number of hydrogen-bond acceptors (Lipinski definition) is 5. The Hall–Kier alpha value is -3.64. The summed E-state index contributed by atoms with van der Waals surface area (Å²) in [4.78, 5) is 18.9. The molecule has 6 nitrogen and oxygen atoms in total. The van der Waals surface area contributed by atoms with E-state index in [0.29, 0.717) is 31.3 Å². The van der Waals surface area contributed by atoms with Crippen molar-refractivity contribution in [1.29, 1.82) is 0 Å². The quantitative estimate of drug-likeness (QED) is 0.379. The first kappa shape index (κ1) is 23.1. The van der Waals surface area contributed by atoms with Crippen LogP contribution in [-0.2, 0) is 29.8 Å². The van der Waals surface area contributed by atoms with Crippen molar-refractivity contribution < 1.29 is 19.1 Å². The maximum atomic E-state index is 12.3. The number of carbonyl (C=O) groups is 1. The summed E-state index contributed by atoms with van der Waals surface area (Å²) in [5.41, 5.74) is 5.34. The van der Waals surface area contributed by atoms with Gasteiger partial charge in [-0.05, 0) is 52.9 Å². The maximum Gasteiger partial charge on any atom is 0.325 e. The van der Waals surface area contributed by atoms with Crippen LogP contribution in [0.25, 0.3) is 11.1 Å². The van der Waals surface area contributed by atoms with Gasteiger partial charge in [0.1, 0.15) is 23.9 Å². The van der Waals surface area contributed by atoms with Gasteiger partial charge in [-0.1, -0.05) is 63.2 Å². The van der Waals surface area contributed by atoms with Crippen molar-refractivity contribution in [3.8, 4) is 5.75 Å². The molecule has 0 aliphatic carbocycles. The highest BCUT2D eigenvalue weighted by Crippen LogP contribution is 2.34. The Morgan fingerprint density at radius 3 is 2.63 bits per heavy atom. The molecule has 0 amide bonds. The molecule has 1 aliphatic rings. The lowest BCUT2D eigenvalue weighted by atomic mass is 9.92. The van der Waals surface area contributed by atoms with Gasteiger partial charge in [0.25, 0.3) is 0 Å². The summed E-state index contributed by atoms with van der Waals surface area (Å²) in [6.07, 6.45) is 0.810. The summed E-state index contributed by atoms with van der Waals surface area (Å²) in [6, 6.07) is 21.0. The van der Waals surface area contributed by atoms with E-state index < -0.39 is 12.0 Å². The molecule has 1 atom stereocenters. The van der Waals surface area contributed by atoms with Crippen LogP contribution in [0.15, 0.2) is 71.1 Å². The zero-order valence-electron chi connectivity index (χ0n) is 20.3. The summed E-state index contributed by atoms with van der Waals surface area (Å²) in [7, 11) is 0. The number of hydrogen-bond donors (Lipinski definition) is 1. The van der Waals surface area contributed by atoms with Gasteiger partial charge in [0.15, 0.2) is 5.58 Å². The number of oxazole rings is 1. The fraction of sp³-hybridized carbons (Fsp3) is 0.310. The van der Waals surface area contributed by atoms with Gasteiger partial charge in [-0.3, -0.25) is 9.69 Å². The normalized spacial score (nSPS) is 16.3. The van der Waals surface area contributed by atoms with E-state index in [1.807, 2.05) is 71.6 Å². The van der Waals surface area contributed by atoms with Crippen molar-refractivity contribution in [2.75, 3.05) is 6.54 Å². The number of benzene rings is 3. The van der Waals surface area contributed by atoms with E-state index >= 15 is 0 Å². The number of aliphatic carboxylic acids is 1. The zero-order valence-corrected chi connectivity index (χ0v) is 20.3. The van der Waals surface area contributed by atoms with Crippen LogP contribution in [0.4, 0.5) is 0 Å². The molecule has 1 aromatic heterocycles. The molecule has 4 aromatic rings. The van der Waals surface area contributed by atoms with Crippen LogP contribution in [0.1, 0.15) is 55.0 Å². The van der Waals surface area contributed by atoms with E-state index in [1.54, 1.807) is 0 Å². The molecule has 3 aromatic carbocycles. The van der Waals surface area contributed by atoms with Gasteiger partial charge < -0.3 is 14.3 Å². The molecular weight excluding hydrogens is 440 g/mol. The third-order valence-corrected chi connectivity index (χ3v) is 6.41. The van der Waals surface area contributed by atoms with E-state index in [9.17, 15) is 9.90 Å². The summed E-state index contributed by atoms with van der Waals surface area (Å²) >= 11 is 0. The van der Waals surface area contributed by atoms with Gasteiger partial charge in [-0.2, -0.15) is 0 Å². The Bertz CT molecular complexity index is 1350. The largest absolute Gasteiger partial charge is 0.489 e. The molecule has 0 saturated heterocycles. The SMILES string of the molecule is CC(C)(C)c1nc2ccc(COc3ccc4c(c3)C(C(=O)O)N(Cc3ccccc3)CC4)cc2o1. The Labute approximate surface area is 205 Å². The summed E-state index contributed by atoms with van der Waals surface area (Å²) in [6.45, 7) is 7.87. The monoisotopic (exact) mass is 470 g/mol. The maximum absolute atomic E-state index is 12.3. The molecule has 1 N–H and O–H groups in total. The lowest BCUT2D eigenvalue weighted by Gasteiger charge is -2.35. The van der Waals surface area contributed by atoms with Crippen molar-refractivity contribution in [3.05, 3.63) is 94.9 Å². The van der Waals surface area contributed by atoms with Crippen LogP contribution < -0.4 is 4.74 Å². The molecular formula is C29H30N2O4. The number of carboxylic acids is 1. The van der Waals surface area contributed by atoms with Crippen LogP contribution in [0, 0.1) is 0 Å². The second-order valence-electron chi connectivity index (χ2n) is 10.2. The fourth-order valence-corrected chi connectivity index (χ4v) is 4.56. The number of aromatic nitrogens is 1. The van der Waals surface area contributed by atoms with E-state index in [2.05, 4.69) is 25.8 Å². The predicted octanol–water partition coefficient (Wildman–Crippen LogP) is 5.89. The van der Waals surface area contributed by atoms with Crippen molar-refractivity contribution in [2.24, 2.45) is 0 Å². The molecule has 0 fully saturated rings. The van der Waals surface area contributed by atoms with Crippen molar-refractivity contribution in [3.63, 3.8) is 0 Å². The minimum absolute atomic E-state index is 0.159. The van der Waals surface area contributed by atoms with Gasteiger partial charge in [0, 0.05) is 18.5 Å². The van der Waals surface area contributed by atoms with Crippen molar-refractivity contribution in [2.45, 2.75) is 51.8 Å². The number of carboxylic acid groups (broad SMARTS) is 1.